The molecule has 8 nitrogen and oxygen atoms in total. The monoisotopic (exact) mass is 488 g/mol. The van der Waals surface area contributed by atoms with E-state index in [1.807, 2.05) is 6.07 Å². The summed E-state index contributed by atoms with van der Waals surface area (Å²) in [5, 5.41) is 29.2. The largest absolute Gasteiger partial charge is 0.481 e. The molecule has 178 valence electrons. The van der Waals surface area contributed by atoms with Gasteiger partial charge in [-0.1, -0.05) is 29.3 Å². The van der Waals surface area contributed by atoms with Gasteiger partial charge in [0.15, 0.2) is 5.60 Å². The van der Waals surface area contributed by atoms with Crippen LogP contribution in [0.5, 0.6) is 0 Å². The molecule has 0 spiro atoms. The quantitative estimate of drug-likeness (QED) is 0.590. The van der Waals surface area contributed by atoms with Gasteiger partial charge in [-0.25, -0.2) is 4.79 Å². The molecule has 1 saturated heterocycles. The molecule has 0 radical (unpaired) electrons. The zero-order valence-electron chi connectivity index (χ0n) is 22.0. The lowest BCUT2D eigenvalue weighted by atomic mass is 9.88. The second-order valence-electron chi connectivity index (χ2n) is 8.27. The number of rotatable bonds is 5. The summed E-state index contributed by atoms with van der Waals surface area (Å²) in [4.78, 5) is 40.5. The Bertz CT molecular complexity index is 1350. The first-order valence-electron chi connectivity index (χ1n) is 12.6. The van der Waals surface area contributed by atoms with E-state index in [0.29, 0.717) is 34.7 Å². The standard InChI is InChI=1S/C25H25ClN2O6/c26-18-5-6-19-17(12-18)4-3-16-2-1-9-27-23(16)22(19)15-7-10-28(11-8-15)20(29)13-25(34,24(32)33)14-21(30)31/h1-2,5-6,9,12,34H,3-4,7-8,10-11,13-14H2,(H,30,31)(H,32,33)/i10D2,11D2. The van der Waals surface area contributed by atoms with Crippen molar-refractivity contribution in [1.82, 2.24) is 9.88 Å². The van der Waals surface area contributed by atoms with Crippen molar-refractivity contribution in [2.75, 3.05) is 13.0 Å². The molecular formula is C25H25ClN2O6. The molecule has 0 bridgehead atoms. The molecule has 2 aliphatic rings. The molecule has 1 aromatic heterocycles. The van der Waals surface area contributed by atoms with Crippen LogP contribution < -0.4 is 0 Å². The number of benzene rings is 1. The van der Waals surface area contributed by atoms with Crippen LogP contribution in [0.3, 0.4) is 0 Å². The third-order valence-electron chi connectivity index (χ3n) is 5.92. The predicted molar refractivity (Wildman–Crippen MR) is 124 cm³/mol. The van der Waals surface area contributed by atoms with Crippen LogP contribution in [0.15, 0.2) is 42.1 Å². The van der Waals surface area contributed by atoms with E-state index in [0.717, 1.165) is 16.7 Å². The Hall–Kier alpha value is -3.23. The Morgan fingerprint density at radius 1 is 1.06 bits per heavy atom. The molecule has 0 saturated carbocycles. The maximum Gasteiger partial charge on any atom is 0.336 e. The van der Waals surface area contributed by atoms with Crippen LogP contribution >= 0.6 is 11.6 Å². The molecule has 1 atom stereocenters. The van der Waals surface area contributed by atoms with Gasteiger partial charge >= 0.3 is 11.9 Å². The minimum Gasteiger partial charge on any atom is -0.481 e. The average molecular weight is 489 g/mol. The van der Waals surface area contributed by atoms with Crippen LogP contribution in [0.1, 0.15) is 53.6 Å². The first-order valence-corrected chi connectivity index (χ1v) is 11.0. The van der Waals surface area contributed by atoms with Gasteiger partial charge in [-0.2, -0.15) is 0 Å². The van der Waals surface area contributed by atoms with Crippen molar-refractivity contribution in [3.05, 3.63) is 69.5 Å². The number of aliphatic carboxylic acids is 2. The lowest BCUT2D eigenvalue weighted by molar-refractivity contribution is -0.169. The summed E-state index contributed by atoms with van der Waals surface area (Å²) in [6, 6.07) is 8.95. The number of aromatic nitrogens is 1. The van der Waals surface area contributed by atoms with Crippen LogP contribution in [0, 0.1) is 0 Å². The molecule has 1 aliphatic carbocycles. The Balaban J connectivity index is 1.81. The summed E-state index contributed by atoms with van der Waals surface area (Å²) in [7, 11) is 0. The number of nitrogens with zero attached hydrogens (tertiary/aromatic N) is 2. The summed E-state index contributed by atoms with van der Waals surface area (Å²) in [5.41, 5.74) is 0.980. The number of carbonyl (C=O) groups excluding carboxylic acids is 1. The molecule has 1 aliphatic heterocycles. The number of likely N-dealkylation sites (tertiary alicyclic amines) is 1. The van der Waals surface area contributed by atoms with Crippen molar-refractivity contribution in [3.63, 3.8) is 0 Å². The number of carbonyl (C=O) groups is 3. The summed E-state index contributed by atoms with van der Waals surface area (Å²) in [6.07, 6.45) is -0.609. The summed E-state index contributed by atoms with van der Waals surface area (Å²) < 4.78 is 34.6. The number of pyridine rings is 1. The van der Waals surface area contributed by atoms with Crippen molar-refractivity contribution < 1.29 is 35.2 Å². The van der Waals surface area contributed by atoms with E-state index in [-0.39, 0.29) is 4.90 Å². The highest BCUT2D eigenvalue weighted by atomic mass is 35.5. The molecule has 3 N–H and O–H groups in total. The highest BCUT2D eigenvalue weighted by Crippen LogP contribution is 2.38. The van der Waals surface area contributed by atoms with E-state index in [2.05, 4.69) is 4.98 Å². The number of carboxylic acids is 2. The van der Waals surface area contributed by atoms with E-state index >= 15 is 0 Å². The van der Waals surface area contributed by atoms with Gasteiger partial charge in [-0.15, -0.1) is 0 Å². The summed E-state index contributed by atoms with van der Waals surface area (Å²) >= 11 is 6.23. The van der Waals surface area contributed by atoms with Gasteiger partial charge in [-0.3, -0.25) is 14.6 Å². The normalized spacial score (nSPS) is 22.0. The molecule has 9 heteroatoms. The van der Waals surface area contributed by atoms with Gasteiger partial charge in [0, 0.05) is 35.3 Å². The lowest BCUT2D eigenvalue weighted by Crippen LogP contribution is -2.47. The van der Waals surface area contributed by atoms with Crippen LogP contribution in [0.25, 0.3) is 5.57 Å². The average Bonchev–Trinajstić information content (AvgIpc) is 2.93. The predicted octanol–water partition coefficient (Wildman–Crippen LogP) is 2.94. The highest BCUT2D eigenvalue weighted by Gasteiger charge is 2.42. The van der Waals surface area contributed by atoms with E-state index in [9.17, 15) is 24.6 Å². The zero-order valence-corrected chi connectivity index (χ0v) is 18.8. The second kappa shape index (κ2) is 9.56. The fourth-order valence-electron chi connectivity index (χ4n) is 4.25. The minimum absolute atomic E-state index is 0.276. The van der Waals surface area contributed by atoms with E-state index in [1.54, 1.807) is 30.5 Å². The molecule has 1 aromatic carbocycles. The molecule has 4 rings (SSSR count). The van der Waals surface area contributed by atoms with Crippen molar-refractivity contribution in [2.24, 2.45) is 0 Å². The molecule has 2 heterocycles. The summed E-state index contributed by atoms with van der Waals surface area (Å²) in [6.45, 7) is -5.28. The van der Waals surface area contributed by atoms with Crippen LogP contribution in [0.2, 0.25) is 5.02 Å². The van der Waals surface area contributed by atoms with Crippen molar-refractivity contribution >= 4 is 35.0 Å². The summed E-state index contributed by atoms with van der Waals surface area (Å²) in [5.74, 6) is -5.02. The number of hydrogen-bond acceptors (Lipinski definition) is 5. The molecule has 1 unspecified atom stereocenters. The molecule has 1 fully saturated rings. The van der Waals surface area contributed by atoms with Crippen molar-refractivity contribution in [1.29, 1.82) is 0 Å². The molecule has 1 amide bonds. The Kier molecular flexibility index (Phi) is 5.37. The van der Waals surface area contributed by atoms with Gasteiger partial charge in [-0.05, 0) is 60.6 Å². The Labute approximate surface area is 207 Å². The van der Waals surface area contributed by atoms with Crippen LogP contribution in [0.4, 0.5) is 0 Å². The van der Waals surface area contributed by atoms with E-state index in [1.165, 1.54) is 0 Å². The van der Waals surface area contributed by atoms with Gasteiger partial charge in [0.05, 0.1) is 18.5 Å². The maximum atomic E-state index is 13.1. The third-order valence-corrected chi connectivity index (χ3v) is 6.15. The fraction of sp³-hybridized carbons (Fsp3) is 0.360. The first kappa shape index (κ1) is 19.1. The number of carboxylic acid groups (broad SMARTS) is 2. The van der Waals surface area contributed by atoms with Gasteiger partial charge < -0.3 is 20.2 Å². The molecule has 2 aromatic rings. The Morgan fingerprint density at radius 2 is 1.76 bits per heavy atom. The van der Waals surface area contributed by atoms with Gasteiger partial charge in [0.25, 0.3) is 0 Å². The molecular weight excluding hydrogens is 460 g/mol. The number of amides is 1. The maximum absolute atomic E-state index is 13.1. The minimum atomic E-state index is -3.03. The number of aliphatic hydroxyl groups is 1. The number of aryl methyl sites for hydroxylation is 2. The lowest BCUT2D eigenvalue weighted by Gasteiger charge is -2.32. The fourth-order valence-corrected chi connectivity index (χ4v) is 4.44. The molecule has 34 heavy (non-hydrogen) atoms. The third kappa shape index (κ3) is 4.83. The number of fused-ring (bicyclic) bond motifs is 2. The van der Waals surface area contributed by atoms with Crippen LogP contribution in [-0.2, 0) is 27.2 Å². The zero-order chi connectivity index (χ0) is 28.0. The Morgan fingerprint density at radius 3 is 2.44 bits per heavy atom. The van der Waals surface area contributed by atoms with E-state index < -0.39 is 62.1 Å². The van der Waals surface area contributed by atoms with Gasteiger partial charge in [0.1, 0.15) is 0 Å². The van der Waals surface area contributed by atoms with Crippen LogP contribution in [-0.4, -0.2) is 61.6 Å². The first-order chi connectivity index (χ1) is 17.6. The SMILES string of the molecule is [2H]C1([2H])CC(=C2c3ccc(Cl)cc3CCc3cccnc32)CC([2H])([2H])N1C(=O)CC(O)(CC(=O)O)C(=O)O. The van der Waals surface area contributed by atoms with E-state index in [4.69, 9.17) is 22.2 Å². The van der Waals surface area contributed by atoms with Gasteiger partial charge in [0.2, 0.25) is 5.91 Å². The van der Waals surface area contributed by atoms with Crippen molar-refractivity contribution in [3.8, 4) is 0 Å². The second-order valence-corrected chi connectivity index (χ2v) is 8.71. The van der Waals surface area contributed by atoms with Crippen molar-refractivity contribution in [2.45, 2.75) is 44.1 Å². The highest BCUT2D eigenvalue weighted by molar-refractivity contribution is 6.30. The topological polar surface area (TPSA) is 128 Å². The number of hydrogen-bond donors (Lipinski definition) is 3. The smallest absolute Gasteiger partial charge is 0.336 e. The number of piperidine rings is 1. The number of halogens is 1.